The van der Waals surface area contributed by atoms with Gasteiger partial charge in [-0.3, -0.25) is 9.78 Å². The third-order valence-corrected chi connectivity index (χ3v) is 10.8. The third kappa shape index (κ3) is 8.53. The topological polar surface area (TPSA) is 59.4 Å². The van der Waals surface area contributed by atoms with Crippen molar-refractivity contribution in [3.05, 3.63) is 101 Å². The molecule has 1 aromatic heterocycles. The number of fused-ring (bicyclic) bond motifs is 3. The molecule has 0 saturated carbocycles. The van der Waals surface area contributed by atoms with E-state index in [2.05, 4.69) is 102 Å². The largest absolute Gasteiger partial charge is 0.512 e. The standard InChI is InChI=1S/C33H30NO.C14H26O2.Ir/c1-19-8-10-25(21(3)13-19)24-15-23-11-12-34-31-27-16-22-9-7-20(2)14-26(22)28(18-33(4,5)6)32(27)35-29(17-24)30(23)31;1-6-11(7-2)12(15)10-13(16)14(5,8-3)9-4;/h7-15,17H,18H2,1-6H3;10-11,15H,6-9H2,1-5H3;/q-1;;/b;12-10-;. The second-order valence-electron chi connectivity index (χ2n) is 16.0. The molecule has 0 bridgehead atoms. The average Bonchev–Trinajstić information content (AvgIpc) is 3.08. The van der Waals surface area contributed by atoms with Gasteiger partial charge in [0, 0.05) is 54.8 Å². The molecule has 1 aliphatic rings. The molecule has 0 spiro atoms. The number of aliphatic hydroxyl groups excluding tert-OH is 1. The Morgan fingerprint density at radius 1 is 0.904 bits per heavy atom. The van der Waals surface area contributed by atoms with Gasteiger partial charge in [0.1, 0.15) is 5.75 Å². The molecule has 5 aromatic rings. The van der Waals surface area contributed by atoms with E-state index in [1.165, 1.54) is 44.8 Å². The van der Waals surface area contributed by atoms with Crippen LogP contribution in [0, 0.1) is 43.6 Å². The fraction of sp³-hybridized carbons (Fsp3) is 0.404. The van der Waals surface area contributed by atoms with Gasteiger partial charge in [-0.25, -0.2) is 0 Å². The summed E-state index contributed by atoms with van der Waals surface area (Å²) in [6.07, 6.45) is 7.65. The molecule has 0 saturated heterocycles. The summed E-state index contributed by atoms with van der Waals surface area (Å²) < 4.78 is 6.83. The fourth-order valence-corrected chi connectivity index (χ4v) is 7.15. The van der Waals surface area contributed by atoms with Crippen molar-refractivity contribution in [2.24, 2.45) is 16.7 Å². The molecule has 4 aromatic carbocycles. The number of aromatic nitrogens is 1. The number of hydrogen-bond acceptors (Lipinski definition) is 4. The summed E-state index contributed by atoms with van der Waals surface area (Å²) in [5.41, 5.74) is 9.15. The van der Waals surface area contributed by atoms with Crippen molar-refractivity contribution in [2.45, 2.75) is 108 Å². The van der Waals surface area contributed by atoms with Crippen LogP contribution in [0.2, 0.25) is 0 Å². The van der Waals surface area contributed by atoms with E-state index in [0.29, 0.717) is 0 Å². The van der Waals surface area contributed by atoms with Crippen molar-refractivity contribution in [1.82, 2.24) is 4.98 Å². The molecule has 4 nitrogen and oxygen atoms in total. The Labute approximate surface area is 325 Å². The van der Waals surface area contributed by atoms with Crippen LogP contribution in [0.1, 0.15) is 103 Å². The maximum Gasteiger partial charge on any atom is 0.164 e. The van der Waals surface area contributed by atoms with Crippen LogP contribution in [0.5, 0.6) is 11.5 Å². The van der Waals surface area contributed by atoms with E-state index >= 15 is 0 Å². The molecule has 0 fully saturated rings. The maximum atomic E-state index is 12.0. The first-order valence-corrected chi connectivity index (χ1v) is 18.7. The number of ketones is 1. The predicted octanol–water partition coefficient (Wildman–Crippen LogP) is 13.4. The maximum absolute atomic E-state index is 12.0. The molecule has 1 N–H and O–H groups in total. The van der Waals surface area contributed by atoms with Crippen LogP contribution >= 0.6 is 0 Å². The number of aryl methyl sites for hydroxylation is 3. The summed E-state index contributed by atoms with van der Waals surface area (Å²) in [6, 6.07) is 23.5. The van der Waals surface area contributed by atoms with Gasteiger partial charge in [0.25, 0.3) is 0 Å². The Balaban J connectivity index is 0.000000305. The van der Waals surface area contributed by atoms with E-state index in [1.54, 1.807) is 0 Å². The number of carbonyl (C=O) groups excluding carboxylic acids is 1. The van der Waals surface area contributed by atoms with Crippen molar-refractivity contribution in [1.29, 1.82) is 0 Å². The van der Waals surface area contributed by atoms with Gasteiger partial charge in [0.05, 0.1) is 11.5 Å². The van der Waals surface area contributed by atoms with Crippen LogP contribution in [-0.2, 0) is 31.3 Å². The van der Waals surface area contributed by atoms with Crippen LogP contribution in [0.4, 0.5) is 0 Å². The third-order valence-electron chi connectivity index (χ3n) is 10.8. The number of pyridine rings is 1. The second kappa shape index (κ2) is 16.5. The van der Waals surface area contributed by atoms with Gasteiger partial charge in [-0.15, -0.1) is 17.5 Å². The zero-order valence-corrected chi connectivity index (χ0v) is 35.4. The van der Waals surface area contributed by atoms with Crippen LogP contribution in [0.3, 0.4) is 0 Å². The number of nitrogens with zero attached hydrogens (tertiary/aromatic N) is 1. The van der Waals surface area contributed by atoms with Crippen LogP contribution in [0.15, 0.2) is 72.6 Å². The van der Waals surface area contributed by atoms with E-state index < -0.39 is 0 Å². The summed E-state index contributed by atoms with van der Waals surface area (Å²) in [4.78, 5) is 16.9. The van der Waals surface area contributed by atoms with Gasteiger partial charge in [-0.1, -0.05) is 113 Å². The smallest absolute Gasteiger partial charge is 0.164 e. The van der Waals surface area contributed by atoms with Gasteiger partial charge in [0.15, 0.2) is 5.78 Å². The molecule has 52 heavy (non-hydrogen) atoms. The van der Waals surface area contributed by atoms with Crippen LogP contribution < -0.4 is 4.74 Å². The summed E-state index contributed by atoms with van der Waals surface area (Å²) in [7, 11) is 0. The Bertz CT molecular complexity index is 2110. The van der Waals surface area contributed by atoms with Gasteiger partial charge in [0.2, 0.25) is 0 Å². The Hall–Kier alpha value is -3.79. The van der Waals surface area contributed by atoms with Gasteiger partial charge in [-0.05, 0) is 98.6 Å². The van der Waals surface area contributed by atoms with E-state index in [1.807, 2.05) is 40.8 Å². The molecule has 1 radical (unpaired) electrons. The Kier molecular flexibility index (Phi) is 13.0. The number of carbonyl (C=O) groups is 1. The van der Waals surface area contributed by atoms with E-state index in [9.17, 15) is 9.90 Å². The second-order valence-corrected chi connectivity index (χ2v) is 16.0. The molecule has 277 valence electrons. The number of rotatable bonds is 9. The minimum Gasteiger partial charge on any atom is -0.512 e. The molecule has 1 aliphatic heterocycles. The van der Waals surface area contributed by atoms with Gasteiger partial charge in [-0.2, -0.15) is 0 Å². The summed E-state index contributed by atoms with van der Waals surface area (Å²) >= 11 is 0. The molecule has 5 heteroatoms. The predicted molar refractivity (Wildman–Crippen MR) is 215 cm³/mol. The quantitative estimate of drug-likeness (QED) is 0.0893. The molecule has 6 rings (SSSR count). The molecule has 0 amide bonds. The average molecular weight is 875 g/mol. The van der Waals surface area contributed by atoms with E-state index in [4.69, 9.17) is 9.72 Å². The Morgan fingerprint density at radius 3 is 2.17 bits per heavy atom. The van der Waals surface area contributed by atoms with Crippen molar-refractivity contribution in [2.75, 3.05) is 0 Å². The molecular formula is C47H56IrNO3-. The zero-order valence-electron chi connectivity index (χ0n) is 33.0. The number of allylic oxidation sites excluding steroid dienone is 2. The van der Waals surface area contributed by atoms with Gasteiger partial charge >= 0.3 is 0 Å². The van der Waals surface area contributed by atoms with Crippen molar-refractivity contribution in [3.63, 3.8) is 0 Å². The monoisotopic (exact) mass is 875 g/mol. The van der Waals surface area contributed by atoms with E-state index in [-0.39, 0.29) is 48.4 Å². The first-order valence-electron chi connectivity index (χ1n) is 18.7. The number of hydrogen-bond donors (Lipinski definition) is 1. The zero-order chi connectivity index (χ0) is 37.2. The normalized spacial score (nSPS) is 12.6. The molecular weight excluding hydrogens is 819 g/mol. The number of aliphatic hydroxyl groups is 1. The van der Waals surface area contributed by atoms with E-state index in [0.717, 1.165) is 71.0 Å². The fourth-order valence-electron chi connectivity index (χ4n) is 7.15. The van der Waals surface area contributed by atoms with Gasteiger partial charge < -0.3 is 9.84 Å². The van der Waals surface area contributed by atoms with Crippen molar-refractivity contribution < 1.29 is 34.7 Å². The minimum atomic E-state index is -0.319. The minimum absolute atomic E-state index is 0. The number of benzene rings is 4. The first-order chi connectivity index (χ1) is 24.1. The SMILES string of the molecule is CCC(CC)/C(O)=C/C(=O)C(C)(CC)CC.Cc1ccc(-c2cc3c4c(nccc4c2)-c2[c-]c4ccc(C)cc4c(CC(C)(C)C)c2O3)c(C)c1.[Ir]. The van der Waals surface area contributed by atoms with Crippen LogP contribution in [0.25, 0.3) is 43.9 Å². The molecule has 0 aliphatic carbocycles. The van der Waals surface area contributed by atoms with Crippen molar-refractivity contribution >= 4 is 27.3 Å². The number of ether oxygens (including phenoxy) is 1. The molecule has 2 heterocycles. The first kappa shape index (κ1) is 41.0. The molecule has 0 unspecified atom stereocenters. The Morgan fingerprint density at radius 2 is 1.56 bits per heavy atom. The van der Waals surface area contributed by atoms with Crippen LogP contribution in [-0.4, -0.2) is 15.9 Å². The summed E-state index contributed by atoms with van der Waals surface area (Å²) in [5.74, 6) is 2.22. The van der Waals surface area contributed by atoms with Crippen molar-refractivity contribution in [3.8, 4) is 33.9 Å². The summed E-state index contributed by atoms with van der Waals surface area (Å²) in [5, 5.41) is 14.4. The summed E-state index contributed by atoms with van der Waals surface area (Å²) in [6.45, 7) is 23.4. The molecule has 0 atom stereocenters.